The molecule has 0 unspecified atom stereocenters. The van der Waals surface area contributed by atoms with Gasteiger partial charge in [0.15, 0.2) is 5.16 Å². The number of nitrogens with one attached hydrogen (secondary N) is 1. The summed E-state index contributed by atoms with van der Waals surface area (Å²) in [5.74, 6) is -0.0183. The molecule has 2 aromatic heterocycles. The number of aromatic nitrogens is 3. The van der Waals surface area contributed by atoms with Gasteiger partial charge in [0, 0.05) is 23.1 Å². The first-order valence-corrected chi connectivity index (χ1v) is 8.04. The molecule has 0 spiro atoms. The van der Waals surface area contributed by atoms with E-state index in [9.17, 15) is 9.18 Å². The van der Waals surface area contributed by atoms with Crippen LogP contribution in [0.2, 0.25) is 0 Å². The molecule has 110 valence electrons. The molecule has 0 saturated heterocycles. The van der Waals surface area contributed by atoms with Gasteiger partial charge in [-0.3, -0.25) is 4.79 Å². The molecule has 2 aromatic rings. The van der Waals surface area contributed by atoms with Crippen molar-refractivity contribution < 1.29 is 4.39 Å². The van der Waals surface area contributed by atoms with Crippen molar-refractivity contribution in [1.82, 2.24) is 15.0 Å². The van der Waals surface area contributed by atoms with Gasteiger partial charge >= 0.3 is 0 Å². The summed E-state index contributed by atoms with van der Waals surface area (Å²) in [5.41, 5.74) is 3.18. The lowest BCUT2D eigenvalue weighted by molar-refractivity contribution is 0.570. The van der Waals surface area contributed by atoms with E-state index in [4.69, 9.17) is 0 Å². The number of halogens is 1. The number of aryl methyl sites for hydroxylation is 2. The summed E-state index contributed by atoms with van der Waals surface area (Å²) in [5, 5.41) is 0.561. The molecule has 1 aliphatic rings. The van der Waals surface area contributed by atoms with Gasteiger partial charge < -0.3 is 4.98 Å². The minimum Gasteiger partial charge on any atom is -0.301 e. The number of nitrogens with zero attached hydrogens (tertiary/aromatic N) is 2. The predicted octanol–water partition coefficient (Wildman–Crippen LogP) is 2.65. The van der Waals surface area contributed by atoms with E-state index in [1.165, 1.54) is 18.0 Å². The Hall–Kier alpha value is -1.69. The summed E-state index contributed by atoms with van der Waals surface area (Å²) >= 11 is 1.35. The first-order chi connectivity index (χ1) is 10.2. The second kappa shape index (κ2) is 5.97. The van der Waals surface area contributed by atoms with Crippen molar-refractivity contribution in [2.24, 2.45) is 0 Å². The number of thioether (sulfide) groups is 1. The fourth-order valence-corrected chi connectivity index (χ4v) is 3.54. The van der Waals surface area contributed by atoms with Crippen molar-refractivity contribution in [3.63, 3.8) is 0 Å². The molecule has 0 saturated carbocycles. The van der Waals surface area contributed by atoms with E-state index in [0.29, 0.717) is 16.5 Å². The van der Waals surface area contributed by atoms with Crippen molar-refractivity contribution >= 4 is 11.8 Å². The Morgan fingerprint density at radius 2 is 2.29 bits per heavy atom. The lowest BCUT2D eigenvalue weighted by Gasteiger charge is -2.08. The zero-order valence-electron chi connectivity index (χ0n) is 11.8. The van der Waals surface area contributed by atoms with Gasteiger partial charge in [-0.05, 0) is 37.3 Å². The Morgan fingerprint density at radius 1 is 1.43 bits per heavy atom. The average Bonchev–Trinajstić information content (AvgIpc) is 2.94. The number of aromatic amines is 1. The normalized spacial score (nSPS) is 13.4. The van der Waals surface area contributed by atoms with Crippen LogP contribution in [0.15, 0.2) is 22.2 Å². The fourth-order valence-electron chi connectivity index (χ4n) is 2.61. The topological polar surface area (TPSA) is 58.6 Å². The third-order valence-electron chi connectivity index (χ3n) is 3.75. The maximum absolute atomic E-state index is 13.8. The Balaban J connectivity index is 1.83. The van der Waals surface area contributed by atoms with Crippen LogP contribution in [0.4, 0.5) is 4.39 Å². The van der Waals surface area contributed by atoms with Crippen molar-refractivity contribution in [1.29, 1.82) is 0 Å². The van der Waals surface area contributed by atoms with Crippen LogP contribution in [0.25, 0.3) is 0 Å². The van der Waals surface area contributed by atoms with E-state index in [1.54, 1.807) is 0 Å². The Labute approximate surface area is 126 Å². The molecule has 0 fully saturated rings. The highest BCUT2D eigenvalue weighted by Gasteiger charge is 2.17. The van der Waals surface area contributed by atoms with E-state index in [-0.39, 0.29) is 5.56 Å². The predicted molar refractivity (Wildman–Crippen MR) is 80.0 cm³/mol. The molecule has 21 heavy (non-hydrogen) atoms. The second-order valence-electron chi connectivity index (χ2n) is 5.03. The monoisotopic (exact) mass is 305 g/mol. The van der Waals surface area contributed by atoms with E-state index < -0.39 is 5.95 Å². The van der Waals surface area contributed by atoms with E-state index in [2.05, 4.69) is 15.0 Å². The van der Waals surface area contributed by atoms with Crippen LogP contribution in [0.1, 0.15) is 35.7 Å². The smallest absolute Gasteiger partial charge is 0.254 e. The maximum Gasteiger partial charge on any atom is 0.254 e. The van der Waals surface area contributed by atoms with E-state index >= 15 is 0 Å². The first kappa shape index (κ1) is 14.3. The van der Waals surface area contributed by atoms with Gasteiger partial charge in [0.2, 0.25) is 5.95 Å². The summed E-state index contributed by atoms with van der Waals surface area (Å²) in [6.45, 7) is 1.98. The zero-order chi connectivity index (χ0) is 14.8. The number of rotatable bonds is 4. The van der Waals surface area contributed by atoms with Crippen LogP contribution in [-0.4, -0.2) is 15.0 Å². The molecule has 0 aromatic carbocycles. The summed E-state index contributed by atoms with van der Waals surface area (Å²) in [6.07, 6.45) is 4.88. The van der Waals surface area contributed by atoms with E-state index in [1.807, 2.05) is 13.0 Å². The van der Waals surface area contributed by atoms with Gasteiger partial charge in [0.1, 0.15) is 0 Å². The Kier molecular flexibility index (Phi) is 4.05. The minimum atomic E-state index is -0.439. The SMILES string of the molecule is CCc1ccnc(F)c1CSc1nc2c(c(=O)[nH]1)CCC2. The van der Waals surface area contributed by atoms with Crippen LogP contribution < -0.4 is 5.56 Å². The average molecular weight is 305 g/mol. The first-order valence-electron chi connectivity index (χ1n) is 7.06. The molecule has 0 bridgehead atoms. The van der Waals surface area contributed by atoms with Crippen LogP contribution in [-0.2, 0) is 25.0 Å². The second-order valence-corrected chi connectivity index (χ2v) is 6.00. The molecule has 0 amide bonds. The van der Waals surface area contributed by atoms with Crippen LogP contribution in [0.3, 0.4) is 0 Å². The number of H-pyrrole nitrogens is 1. The molecule has 0 radical (unpaired) electrons. The third-order valence-corrected chi connectivity index (χ3v) is 4.65. The lowest BCUT2D eigenvalue weighted by Crippen LogP contribution is -2.15. The summed E-state index contributed by atoms with van der Waals surface area (Å²) in [4.78, 5) is 22.9. The van der Waals surface area contributed by atoms with Gasteiger partial charge in [-0.25, -0.2) is 9.97 Å². The summed E-state index contributed by atoms with van der Waals surface area (Å²) < 4.78 is 13.8. The number of pyridine rings is 1. The molecule has 2 heterocycles. The number of fused-ring (bicyclic) bond motifs is 1. The van der Waals surface area contributed by atoms with Crippen LogP contribution >= 0.6 is 11.8 Å². The minimum absolute atomic E-state index is 0.0534. The third kappa shape index (κ3) is 2.85. The highest BCUT2D eigenvalue weighted by Crippen LogP contribution is 2.25. The van der Waals surface area contributed by atoms with Crippen molar-refractivity contribution in [3.8, 4) is 0 Å². The largest absolute Gasteiger partial charge is 0.301 e. The van der Waals surface area contributed by atoms with Crippen LogP contribution in [0.5, 0.6) is 0 Å². The molecule has 0 atom stereocenters. The van der Waals surface area contributed by atoms with E-state index in [0.717, 1.165) is 42.5 Å². The molecule has 1 aliphatic carbocycles. The fraction of sp³-hybridized carbons (Fsp3) is 0.400. The quantitative estimate of drug-likeness (QED) is 0.536. The maximum atomic E-state index is 13.8. The highest BCUT2D eigenvalue weighted by atomic mass is 32.2. The lowest BCUT2D eigenvalue weighted by atomic mass is 10.1. The van der Waals surface area contributed by atoms with Gasteiger partial charge in [0.25, 0.3) is 5.56 Å². The standard InChI is InChI=1S/C15H16FN3OS/c1-2-9-6-7-17-13(16)11(9)8-21-15-18-12-5-3-4-10(12)14(20)19-15/h6-7H,2-5,8H2,1H3,(H,18,19,20). The molecule has 6 heteroatoms. The Morgan fingerprint density at radius 3 is 3.10 bits per heavy atom. The molecule has 0 aliphatic heterocycles. The van der Waals surface area contributed by atoms with Gasteiger partial charge in [-0.1, -0.05) is 18.7 Å². The zero-order valence-corrected chi connectivity index (χ0v) is 12.6. The van der Waals surface area contributed by atoms with Crippen molar-refractivity contribution in [2.45, 2.75) is 43.5 Å². The number of hydrogen-bond donors (Lipinski definition) is 1. The molecular formula is C15H16FN3OS. The molecule has 4 nitrogen and oxygen atoms in total. The molecule has 1 N–H and O–H groups in total. The summed E-state index contributed by atoms with van der Waals surface area (Å²) in [7, 11) is 0. The Bertz CT molecular complexity index is 729. The van der Waals surface area contributed by atoms with Gasteiger partial charge in [-0.2, -0.15) is 4.39 Å². The van der Waals surface area contributed by atoms with Gasteiger partial charge in [-0.15, -0.1) is 0 Å². The van der Waals surface area contributed by atoms with Crippen molar-refractivity contribution in [2.75, 3.05) is 0 Å². The highest BCUT2D eigenvalue weighted by molar-refractivity contribution is 7.98. The van der Waals surface area contributed by atoms with Gasteiger partial charge in [0.05, 0.1) is 5.69 Å². The van der Waals surface area contributed by atoms with Crippen molar-refractivity contribution in [3.05, 3.63) is 50.9 Å². The molecule has 3 rings (SSSR count). The molecular weight excluding hydrogens is 289 g/mol. The summed E-state index contributed by atoms with van der Waals surface area (Å²) in [6, 6.07) is 1.83. The van der Waals surface area contributed by atoms with Crippen LogP contribution in [0, 0.1) is 5.95 Å². The number of hydrogen-bond acceptors (Lipinski definition) is 4.